The zero-order valence-electron chi connectivity index (χ0n) is 17.4. The van der Waals surface area contributed by atoms with E-state index in [2.05, 4.69) is 5.32 Å². The molecule has 0 bridgehead atoms. The van der Waals surface area contributed by atoms with Crippen LogP contribution in [-0.2, 0) is 11.3 Å². The maximum Gasteiger partial charge on any atom is 0.254 e. The minimum atomic E-state index is -0.950. The predicted molar refractivity (Wildman–Crippen MR) is 118 cm³/mol. The van der Waals surface area contributed by atoms with Crippen molar-refractivity contribution in [2.24, 2.45) is 0 Å². The van der Waals surface area contributed by atoms with Gasteiger partial charge in [0.2, 0.25) is 5.91 Å². The summed E-state index contributed by atoms with van der Waals surface area (Å²) in [5.74, 6) is -2.58. The van der Waals surface area contributed by atoms with Crippen molar-refractivity contribution in [2.75, 3.05) is 33.7 Å². The second-order valence-corrected chi connectivity index (χ2v) is 8.17. The van der Waals surface area contributed by atoms with Crippen LogP contribution in [0.5, 0.6) is 0 Å². The SMILES string of the molecule is CN(C)CCCN(Cc1ccc(Cl)c(Cl)c1)C(=O)CCNC(=O)c1ccc(F)cc1F. The molecule has 9 heteroatoms. The minimum absolute atomic E-state index is 0.0278. The first kappa shape index (κ1) is 25.0. The van der Waals surface area contributed by atoms with E-state index >= 15 is 0 Å². The Morgan fingerprint density at radius 1 is 1.00 bits per heavy atom. The highest BCUT2D eigenvalue weighted by Gasteiger charge is 2.17. The summed E-state index contributed by atoms with van der Waals surface area (Å²) in [7, 11) is 3.91. The van der Waals surface area contributed by atoms with Gasteiger partial charge in [0.1, 0.15) is 11.6 Å². The molecule has 0 radical (unpaired) electrons. The van der Waals surface area contributed by atoms with Gasteiger partial charge >= 0.3 is 0 Å². The monoisotopic (exact) mass is 471 g/mol. The topological polar surface area (TPSA) is 52.6 Å². The Morgan fingerprint density at radius 2 is 1.74 bits per heavy atom. The van der Waals surface area contributed by atoms with Gasteiger partial charge in [-0.3, -0.25) is 9.59 Å². The van der Waals surface area contributed by atoms with Gasteiger partial charge in [-0.25, -0.2) is 8.78 Å². The standard InChI is InChI=1S/C22H25Cl2F2N3O2/c1-28(2)10-3-11-29(14-15-4-7-18(23)19(24)12-15)21(30)8-9-27-22(31)17-6-5-16(25)13-20(17)26/h4-7,12-13H,3,8-11,14H2,1-2H3,(H,27,31). The quantitative estimate of drug-likeness (QED) is 0.559. The lowest BCUT2D eigenvalue weighted by Crippen LogP contribution is -2.36. The summed E-state index contributed by atoms with van der Waals surface area (Å²) in [4.78, 5) is 28.6. The van der Waals surface area contributed by atoms with Crippen molar-refractivity contribution in [3.8, 4) is 0 Å². The van der Waals surface area contributed by atoms with Crippen molar-refractivity contribution in [2.45, 2.75) is 19.4 Å². The molecule has 168 valence electrons. The van der Waals surface area contributed by atoms with Crippen molar-refractivity contribution in [3.05, 3.63) is 69.2 Å². The summed E-state index contributed by atoms with van der Waals surface area (Å²) in [5, 5.41) is 3.35. The molecule has 2 aromatic rings. The fourth-order valence-corrected chi connectivity index (χ4v) is 3.26. The van der Waals surface area contributed by atoms with Crippen molar-refractivity contribution >= 4 is 35.0 Å². The number of rotatable bonds is 10. The maximum absolute atomic E-state index is 13.7. The summed E-state index contributed by atoms with van der Waals surface area (Å²) in [6.45, 7) is 1.72. The lowest BCUT2D eigenvalue weighted by Gasteiger charge is -2.24. The van der Waals surface area contributed by atoms with E-state index in [9.17, 15) is 18.4 Å². The molecule has 2 amide bonds. The van der Waals surface area contributed by atoms with Gasteiger partial charge in [0.25, 0.3) is 5.91 Å². The summed E-state index contributed by atoms with van der Waals surface area (Å²) in [5.41, 5.74) is 0.567. The number of amides is 2. The summed E-state index contributed by atoms with van der Waals surface area (Å²) in [6.07, 6.45) is 0.811. The molecular formula is C22H25Cl2F2N3O2. The molecule has 2 aromatic carbocycles. The van der Waals surface area contributed by atoms with Gasteiger partial charge in [-0.1, -0.05) is 29.3 Å². The number of nitrogens with zero attached hydrogens (tertiary/aromatic N) is 2. The Hall–Kier alpha value is -2.22. The van der Waals surface area contributed by atoms with E-state index in [0.29, 0.717) is 29.2 Å². The molecule has 0 aliphatic rings. The fraction of sp³-hybridized carbons (Fsp3) is 0.364. The van der Waals surface area contributed by atoms with Gasteiger partial charge in [-0.05, 0) is 56.9 Å². The molecule has 0 aromatic heterocycles. The van der Waals surface area contributed by atoms with Crippen LogP contribution in [0.25, 0.3) is 0 Å². The van der Waals surface area contributed by atoms with Gasteiger partial charge in [-0.2, -0.15) is 0 Å². The van der Waals surface area contributed by atoms with Crippen LogP contribution in [0.2, 0.25) is 10.0 Å². The highest BCUT2D eigenvalue weighted by Crippen LogP contribution is 2.23. The molecule has 0 aliphatic carbocycles. The van der Waals surface area contributed by atoms with Crippen LogP contribution < -0.4 is 5.32 Å². The Kier molecular flexibility index (Phi) is 9.68. The van der Waals surface area contributed by atoms with Crippen LogP contribution in [0.4, 0.5) is 8.78 Å². The second kappa shape index (κ2) is 12.0. The summed E-state index contributed by atoms with van der Waals surface area (Å²) < 4.78 is 26.7. The van der Waals surface area contributed by atoms with Crippen LogP contribution in [0, 0.1) is 11.6 Å². The van der Waals surface area contributed by atoms with E-state index in [4.69, 9.17) is 23.2 Å². The molecule has 0 saturated heterocycles. The predicted octanol–water partition coefficient (Wildman–Crippen LogP) is 4.37. The molecule has 31 heavy (non-hydrogen) atoms. The zero-order chi connectivity index (χ0) is 23.0. The minimum Gasteiger partial charge on any atom is -0.351 e. The van der Waals surface area contributed by atoms with E-state index in [1.54, 1.807) is 23.1 Å². The Morgan fingerprint density at radius 3 is 2.39 bits per heavy atom. The van der Waals surface area contributed by atoms with Crippen LogP contribution in [0.3, 0.4) is 0 Å². The Labute approximate surface area is 190 Å². The number of hydrogen-bond acceptors (Lipinski definition) is 3. The lowest BCUT2D eigenvalue weighted by molar-refractivity contribution is -0.131. The third kappa shape index (κ3) is 8.09. The highest BCUT2D eigenvalue weighted by molar-refractivity contribution is 6.42. The first-order chi connectivity index (χ1) is 14.7. The molecule has 0 aliphatic heterocycles. The molecule has 0 saturated carbocycles. The second-order valence-electron chi connectivity index (χ2n) is 7.35. The molecule has 0 unspecified atom stereocenters. The first-order valence-corrected chi connectivity index (χ1v) is 10.5. The van der Waals surface area contributed by atoms with Crippen LogP contribution in [0.1, 0.15) is 28.8 Å². The van der Waals surface area contributed by atoms with E-state index < -0.39 is 17.5 Å². The number of carbonyl (C=O) groups is 2. The van der Waals surface area contributed by atoms with Gasteiger partial charge in [0.05, 0.1) is 15.6 Å². The summed E-state index contributed by atoms with van der Waals surface area (Å²) >= 11 is 12.0. The van der Waals surface area contributed by atoms with Gasteiger partial charge in [0, 0.05) is 32.1 Å². The van der Waals surface area contributed by atoms with Crippen LogP contribution in [-0.4, -0.2) is 55.3 Å². The largest absolute Gasteiger partial charge is 0.351 e. The third-order valence-electron chi connectivity index (χ3n) is 4.54. The van der Waals surface area contributed by atoms with E-state index in [1.165, 1.54) is 0 Å². The molecule has 0 fully saturated rings. The van der Waals surface area contributed by atoms with E-state index in [-0.39, 0.29) is 24.4 Å². The maximum atomic E-state index is 13.7. The fourth-order valence-electron chi connectivity index (χ4n) is 2.94. The highest BCUT2D eigenvalue weighted by atomic mass is 35.5. The van der Waals surface area contributed by atoms with Crippen molar-refractivity contribution in [1.29, 1.82) is 0 Å². The van der Waals surface area contributed by atoms with Gasteiger partial charge in [0.15, 0.2) is 0 Å². The number of benzene rings is 2. The van der Waals surface area contributed by atoms with Crippen molar-refractivity contribution in [1.82, 2.24) is 15.1 Å². The number of carbonyl (C=O) groups excluding carboxylic acids is 2. The molecule has 0 spiro atoms. The molecule has 5 nitrogen and oxygen atoms in total. The molecule has 1 N–H and O–H groups in total. The Balaban J connectivity index is 1.97. The molecular weight excluding hydrogens is 447 g/mol. The zero-order valence-corrected chi connectivity index (χ0v) is 18.9. The van der Waals surface area contributed by atoms with Crippen molar-refractivity contribution in [3.63, 3.8) is 0 Å². The third-order valence-corrected chi connectivity index (χ3v) is 5.28. The van der Waals surface area contributed by atoms with E-state index in [1.807, 2.05) is 19.0 Å². The van der Waals surface area contributed by atoms with Gasteiger partial charge in [-0.15, -0.1) is 0 Å². The van der Waals surface area contributed by atoms with E-state index in [0.717, 1.165) is 30.7 Å². The number of halogens is 4. The van der Waals surface area contributed by atoms with Gasteiger partial charge < -0.3 is 15.1 Å². The lowest BCUT2D eigenvalue weighted by atomic mass is 10.2. The molecule has 0 atom stereocenters. The number of hydrogen-bond donors (Lipinski definition) is 1. The van der Waals surface area contributed by atoms with Crippen LogP contribution >= 0.6 is 23.2 Å². The normalized spacial score (nSPS) is 10.9. The molecule has 0 heterocycles. The average Bonchev–Trinajstić information content (AvgIpc) is 2.69. The number of nitrogens with one attached hydrogen (secondary N) is 1. The smallest absolute Gasteiger partial charge is 0.254 e. The Bertz CT molecular complexity index is 926. The van der Waals surface area contributed by atoms with Crippen LogP contribution in [0.15, 0.2) is 36.4 Å². The average molecular weight is 472 g/mol. The summed E-state index contributed by atoms with van der Waals surface area (Å²) in [6, 6.07) is 7.92. The van der Waals surface area contributed by atoms with Crippen molar-refractivity contribution < 1.29 is 18.4 Å². The first-order valence-electron chi connectivity index (χ1n) is 9.77. The molecule has 2 rings (SSSR count).